The highest BCUT2D eigenvalue weighted by atomic mass is 35.5. The van der Waals surface area contributed by atoms with Gasteiger partial charge in [0, 0.05) is 17.5 Å². The maximum absolute atomic E-state index is 13.8. The maximum atomic E-state index is 13.8. The number of nitrogens with one attached hydrogen (secondary N) is 1. The quantitative estimate of drug-likeness (QED) is 0.403. The van der Waals surface area contributed by atoms with E-state index in [0.717, 1.165) is 22.7 Å². The molecule has 0 spiro atoms. The molecule has 1 aromatic heterocycles. The topological polar surface area (TPSA) is 119 Å². The highest BCUT2D eigenvalue weighted by Gasteiger charge is 2.36. The third-order valence-corrected chi connectivity index (χ3v) is 7.04. The molecule has 4 rings (SSSR count). The first-order chi connectivity index (χ1) is 17.0. The largest absolute Gasteiger partial charge is 0.480 e. The number of amidine groups is 1. The average molecular weight is 539 g/mol. The number of carboxylic acids is 1. The lowest BCUT2D eigenvalue weighted by Gasteiger charge is -2.23. The molecule has 1 atom stereocenters. The van der Waals surface area contributed by atoms with Crippen molar-refractivity contribution in [1.29, 1.82) is 0 Å². The molecule has 3 aromatic rings. The molecule has 0 fully saturated rings. The number of carboxylic acid groups (broad SMARTS) is 1. The van der Waals surface area contributed by atoms with Crippen molar-refractivity contribution in [3.05, 3.63) is 69.2 Å². The zero-order chi connectivity index (χ0) is 26.2. The van der Waals surface area contributed by atoms with Crippen LogP contribution in [0.3, 0.4) is 0 Å². The third-order valence-electron chi connectivity index (χ3n) is 5.62. The second kappa shape index (κ2) is 9.96. The monoisotopic (exact) mass is 538 g/mol. The van der Waals surface area contributed by atoms with Crippen LogP contribution in [0.25, 0.3) is 16.5 Å². The first kappa shape index (κ1) is 25.7. The van der Waals surface area contributed by atoms with Crippen LogP contribution in [0, 0.1) is 0 Å². The van der Waals surface area contributed by atoms with Crippen molar-refractivity contribution in [3.63, 3.8) is 0 Å². The summed E-state index contributed by atoms with van der Waals surface area (Å²) in [7, 11) is 1.36. The summed E-state index contributed by atoms with van der Waals surface area (Å²) in [6, 6.07) is 7.09. The number of hydrogen-bond acceptors (Lipinski definition) is 6. The SMILES string of the molecule is CN(C1=NC(=O)C(=C(Cc2ccc(Cl)cc2C(F)(F)F)c2ccc3[nH]ncc3c2)S1)[C@@H](CO)C(=O)O. The Hall–Kier alpha value is -3.35. The smallest absolute Gasteiger partial charge is 0.416 e. The van der Waals surface area contributed by atoms with E-state index in [0.29, 0.717) is 16.5 Å². The number of nitrogens with zero attached hydrogens (tertiary/aromatic N) is 3. The Balaban J connectivity index is 1.83. The first-order valence-corrected chi connectivity index (χ1v) is 11.6. The summed E-state index contributed by atoms with van der Waals surface area (Å²) in [5.41, 5.74) is 0.399. The van der Waals surface area contributed by atoms with Crippen LogP contribution in [0.2, 0.25) is 5.02 Å². The standard InChI is InChI=1S/C23H18ClF3N4O4S/c1-31(18(10-32)21(34)35)22-29-20(33)19(36-22)15(11-3-5-17-13(6-11)9-28-30-17)7-12-2-4-14(24)8-16(12)23(25,26)27/h2-6,8-9,18,32H,7,10H2,1H3,(H,28,30)(H,34,35)/t18-/m0/s1. The Morgan fingerprint density at radius 2 is 2.00 bits per heavy atom. The lowest BCUT2D eigenvalue weighted by molar-refractivity contribution is -0.142. The van der Waals surface area contributed by atoms with Gasteiger partial charge in [0.05, 0.1) is 28.8 Å². The number of hydrogen-bond donors (Lipinski definition) is 3. The lowest BCUT2D eigenvalue weighted by Crippen LogP contribution is -2.43. The maximum Gasteiger partial charge on any atom is 0.416 e. The molecule has 2 heterocycles. The van der Waals surface area contributed by atoms with Crippen molar-refractivity contribution in [2.75, 3.05) is 13.7 Å². The van der Waals surface area contributed by atoms with Crippen molar-refractivity contribution >= 4 is 56.9 Å². The van der Waals surface area contributed by atoms with E-state index >= 15 is 0 Å². The van der Waals surface area contributed by atoms with Gasteiger partial charge in [-0.1, -0.05) is 23.7 Å². The van der Waals surface area contributed by atoms with Gasteiger partial charge in [0.2, 0.25) is 0 Å². The Labute approximate surface area is 211 Å². The molecular formula is C23H18ClF3N4O4S. The number of H-pyrrole nitrogens is 1. The molecule has 1 aliphatic heterocycles. The van der Waals surface area contributed by atoms with Crippen LogP contribution in [0.15, 0.2) is 52.5 Å². The molecule has 0 radical (unpaired) electrons. The normalized spacial score (nSPS) is 16.3. The van der Waals surface area contributed by atoms with Crippen molar-refractivity contribution in [3.8, 4) is 0 Å². The summed E-state index contributed by atoms with van der Waals surface area (Å²) in [6.45, 7) is -0.734. The summed E-state index contributed by atoms with van der Waals surface area (Å²) in [4.78, 5) is 29.5. The number of aliphatic imine (C=N–C) groups is 1. The number of aromatic amines is 1. The number of aliphatic carboxylic acids is 1. The van der Waals surface area contributed by atoms with Crippen LogP contribution in [0.5, 0.6) is 0 Å². The number of aliphatic hydroxyl groups is 1. The Bertz CT molecular complexity index is 1420. The molecule has 0 saturated carbocycles. The van der Waals surface area contributed by atoms with Crippen LogP contribution >= 0.6 is 23.4 Å². The van der Waals surface area contributed by atoms with E-state index in [4.69, 9.17) is 11.6 Å². The number of carbonyl (C=O) groups excluding carboxylic acids is 1. The molecule has 2 aromatic carbocycles. The number of rotatable bonds is 6. The Morgan fingerprint density at radius 3 is 2.67 bits per heavy atom. The number of alkyl halides is 3. The number of aliphatic hydroxyl groups excluding tert-OH is 1. The van der Waals surface area contributed by atoms with Gasteiger partial charge in [-0.25, -0.2) is 4.79 Å². The van der Waals surface area contributed by atoms with Gasteiger partial charge in [-0.05, 0) is 59.1 Å². The number of amides is 1. The Morgan fingerprint density at radius 1 is 1.25 bits per heavy atom. The molecule has 13 heteroatoms. The molecule has 0 saturated heterocycles. The average Bonchev–Trinajstić information content (AvgIpc) is 3.43. The molecule has 3 N–H and O–H groups in total. The minimum atomic E-state index is -4.69. The van der Waals surface area contributed by atoms with Gasteiger partial charge in [-0.2, -0.15) is 23.3 Å². The molecule has 36 heavy (non-hydrogen) atoms. The Kier molecular flexibility index (Phi) is 7.12. The van der Waals surface area contributed by atoms with Crippen LogP contribution in [-0.4, -0.2) is 62.1 Å². The van der Waals surface area contributed by atoms with E-state index in [9.17, 15) is 33.0 Å². The summed E-state index contributed by atoms with van der Waals surface area (Å²) < 4.78 is 41.4. The van der Waals surface area contributed by atoms with Crippen molar-refractivity contribution in [2.24, 2.45) is 4.99 Å². The summed E-state index contributed by atoms with van der Waals surface area (Å²) in [5, 5.41) is 26.1. The highest BCUT2D eigenvalue weighted by Crippen LogP contribution is 2.40. The third kappa shape index (κ3) is 5.11. The number of thioether (sulfide) groups is 1. The number of carbonyl (C=O) groups is 2. The number of aromatic nitrogens is 2. The van der Waals surface area contributed by atoms with Gasteiger partial charge in [0.1, 0.15) is 0 Å². The predicted molar refractivity (Wildman–Crippen MR) is 129 cm³/mol. The number of fused-ring (bicyclic) bond motifs is 1. The van der Waals surface area contributed by atoms with E-state index in [-0.39, 0.29) is 32.7 Å². The van der Waals surface area contributed by atoms with E-state index in [1.807, 2.05) is 0 Å². The summed E-state index contributed by atoms with van der Waals surface area (Å²) in [5.74, 6) is -2.05. The van der Waals surface area contributed by atoms with Crippen molar-refractivity contribution < 1.29 is 33.0 Å². The minimum absolute atomic E-state index is 0.00508. The van der Waals surface area contributed by atoms with E-state index in [1.54, 1.807) is 24.4 Å². The molecule has 0 bridgehead atoms. The van der Waals surface area contributed by atoms with Crippen LogP contribution in [0.4, 0.5) is 13.2 Å². The van der Waals surface area contributed by atoms with Crippen LogP contribution in [-0.2, 0) is 22.2 Å². The fourth-order valence-electron chi connectivity index (χ4n) is 3.74. The van der Waals surface area contributed by atoms with Gasteiger partial charge in [-0.3, -0.25) is 9.89 Å². The second-order valence-electron chi connectivity index (χ2n) is 7.90. The molecule has 0 unspecified atom stereocenters. The van der Waals surface area contributed by atoms with Crippen molar-refractivity contribution in [1.82, 2.24) is 15.1 Å². The number of allylic oxidation sites excluding steroid dienone is 1. The van der Waals surface area contributed by atoms with E-state index in [1.165, 1.54) is 19.2 Å². The number of halogens is 4. The molecule has 1 amide bonds. The zero-order valence-electron chi connectivity index (χ0n) is 18.5. The number of benzene rings is 2. The molecule has 188 valence electrons. The molecule has 1 aliphatic rings. The number of likely N-dealkylation sites (N-methyl/N-ethyl adjacent to an activating group) is 1. The predicted octanol–water partition coefficient (Wildman–Crippen LogP) is 4.20. The van der Waals surface area contributed by atoms with Crippen LogP contribution in [0.1, 0.15) is 16.7 Å². The van der Waals surface area contributed by atoms with Gasteiger partial charge in [-0.15, -0.1) is 0 Å². The van der Waals surface area contributed by atoms with Gasteiger partial charge in [0.25, 0.3) is 5.91 Å². The zero-order valence-corrected chi connectivity index (χ0v) is 20.1. The molecule has 8 nitrogen and oxygen atoms in total. The summed E-state index contributed by atoms with van der Waals surface area (Å²) in [6.07, 6.45) is -3.42. The van der Waals surface area contributed by atoms with Gasteiger partial charge >= 0.3 is 12.1 Å². The first-order valence-electron chi connectivity index (χ1n) is 10.4. The van der Waals surface area contributed by atoms with E-state index in [2.05, 4.69) is 15.2 Å². The summed E-state index contributed by atoms with van der Waals surface area (Å²) >= 11 is 6.66. The van der Waals surface area contributed by atoms with E-state index < -0.39 is 36.3 Å². The highest BCUT2D eigenvalue weighted by molar-refractivity contribution is 8.18. The van der Waals surface area contributed by atoms with Crippen molar-refractivity contribution in [2.45, 2.75) is 18.6 Å². The fourth-order valence-corrected chi connectivity index (χ4v) is 4.94. The van der Waals surface area contributed by atoms with Gasteiger partial charge in [0.15, 0.2) is 11.2 Å². The fraction of sp³-hybridized carbons (Fsp3) is 0.217. The lowest BCUT2D eigenvalue weighted by atomic mass is 9.93. The minimum Gasteiger partial charge on any atom is -0.480 e. The second-order valence-corrected chi connectivity index (χ2v) is 9.32. The van der Waals surface area contributed by atoms with Crippen LogP contribution < -0.4 is 0 Å². The van der Waals surface area contributed by atoms with Gasteiger partial charge < -0.3 is 15.1 Å². The molecule has 0 aliphatic carbocycles. The molecular weight excluding hydrogens is 521 g/mol.